The molecule has 2 aromatic carbocycles. The lowest BCUT2D eigenvalue weighted by Crippen LogP contribution is -2.49. The Morgan fingerprint density at radius 2 is 1.53 bits per heavy atom. The molecule has 166 valence electrons. The number of piperazine rings is 1. The van der Waals surface area contributed by atoms with E-state index in [1.54, 1.807) is 0 Å². The molecular formula is C27H32N4O. The van der Waals surface area contributed by atoms with E-state index in [1.807, 2.05) is 36.1 Å². The fourth-order valence-corrected chi connectivity index (χ4v) is 4.42. The van der Waals surface area contributed by atoms with Crippen molar-refractivity contribution in [3.63, 3.8) is 0 Å². The van der Waals surface area contributed by atoms with Crippen molar-refractivity contribution in [2.45, 2.75) is 40.5 Å². The van der Waals surface area contributed by atoms with E-state index in [1.165, 1.54) is 11.1 Å². The number of hydrogen-bond acceptors (Lipinski definition) is 4. The molecule has 1 saturated heterocycles. The minimum Gasteiger partial charge on any atom is -0.353 e. The third-order valence-corrected chi connectivity index (χ3v) is 6.25. The molecule has 0 unspecified atom stereocenters. The maximum absolute atomic E-state index is 13.0. The van der Waals surface area contributed by atoms with Crippen molar-refractivity contribution in [1.29, 1.82) is 0 Å². The van der Waals surface area contributed by atoms with E-state index in [0.717, 1.165) is 47.1 Å². The SMILES string of the molecule is Cc1ccc(-c2nc(C)c(C(C)C)c(N3CCN(C(=O)c4ccccc4C)CC3)n2)cc1. The molecule has 1 aliphatic rings. The van der Waals surface area contributed by atoms with Crippen LogP contribution >= 0.6 is 0 Å². The number of carbonyl (C=O) groups is 1. The lowest BCUT2D eigenvalue weighted by molar-refractivity contribution is 0.0745. The summed E-state index contributed by atoms with van der Waals surface area (Å²) in [5.74, 6) is 2.21. The Kier molecular flexibility index (Phi) is 6.26. The number of aromatic nitrogens is 2. The van der Waals surface area contributed by atoms with E-state index in [4.69, 9.17) is 9.97 Å². The number of rotatable bonds is 4. The maximum Gasteiger partial charge on any atom is 0.254 e. The van der Waals surface area contributed by atoms with Gasteiger partial charge < -0.3 is 9.80 Å². The molecule has 1 aliphatic heterocycles. The van der Waals surface area contributed by atoms with E-state index in [2.05, 4.69) is 56.9 Å². The molecule has 5 heteroatoms. The van der Waals surface area contributed by atoms with Gasteiger partial charge in [0.25, 0.3) is 5.91 Å². The number of anilines is 1. The topological polar surface area (TPSA) is 49.3 Å². The van der Waals surface area contributed by atoms with E-state index >= 15 is 0 Å². The molecule has 1 fully saturated rings. The number of amides is 1. The van der Waals surface area contributed by atoms with E-state index < -0.39 is 0 Å². The lowest BCUT2D eigenvalue weighted by atomic mass is 10.0. The van der Waals surface area contributed by atoms with Crippen molar-refractivity contribution in [3.05, 3.63) is 76.5 Å². The van der Waals surface area contributed by atoms with E-state index in [0.29, 0.717) is 19.0 Å². The first kappa shape index (κ1) is 22.0. The second-order valence-corrected chi connectivity index (χ2v) is 8.98. The van der Waals surface area contributed by atoms with Crippen molar-refractivity contribution < 1.29 is 4.79 Å². The van der Waals surface area contributed by atoms with Gasteiger partial charge in [-0.25, -0.2) is 9.97 Å². The first-order valence-corrected chi connectivity index (χ1v) is 11.4. The van der Waals surface area contributed by atoms with E-state index in [-0.39, 0.29) is 5.91 Å². The van der Waals surface area contributed by atoms with Gasteiger partial charge in [0, 0.05) is 48.6 Å². The lowest BCUT2D eigenvalue weighted by Gasteiger charge is -2.37. The van der Waals surface area contributed by atoms with Gasteiger partial charge in [-0.1, -0.05) is 61.9 Å². The highest BCUT2D eigenvalue weighted by atomic mass is 16.2. The number of nitrogens with zero attached hydrogens (tertiary/aromatic N) is 4. The van der Waals surface area contributed by atoms with Gasteiger partial charge in [-0.05, 0) is 38.3 Å². The predicted molar refractivity (Wildman–Crippen MR) is 130 cm³/mol. The molecule has 0 atom stereocenters. The van der Waals surface area contributed by atoms with Crippen molar-refractivity contribution in [2.24, 2.45) is 0 Å². The molecule has 32 heavy (non-hydrogen) atoms. The second-order valence-electron chi connectivity index (χ2n) is 8.98. The van der Waals surface area contributed by atoms with Crippen LogP contribution in [0.4, 0.5) is 5.82 Å². The van der Waals surface area contributed by atoms with Crippen LogP contribution < -0.4 is 4.90 Å². The number of benzene rings is 2. The van der Waals surface area contributed by atoms with Gasteiger partial charge in [-0.15, -0.1) is 0 Å². The zero-order valence-corrected chi connectivity index (χ0v) is 19.7. The normalized spacial score (nSPS) is 14.2. The van der Waals surface area contributed by atoms with Crippen LogP contribution in [0.1, 0.15) is 52.5 Å². The molecule has 1 amide bonds. The molecule has 3 aromatic rings. The van der Waals surface area contributed by atoms with Crippen LogP contribution in [-0.2, 0) is 0 Å². The number of hydrogen-bond donors (Lipinski definition) is 0. The molecular weight excluding hydrogens is 396 g/mol. The van der Waals surface area contributed by atoms with E-state index in [9.17, 15) is 4.79 Å². The van der Waals surface area contributed by atoms with Crippen LogP contribution in [0.3, 0.4) is 0 Å². The summed E-state index contributed by atoms with van der Waals surface area (Å²) in [5, 5.41) is 0. The van der Waals surface area contributed by atoms with Crippen LogP contribution in [-0.4, -0.2) is 47.0 Å². The number of carbonyl (C=O) groups excluding carboxylic acids is 1. The predicted octanol–water partition coefficient (Wildman–Crippen LogP) is 5.15. The monoisotopic (exact) mass is 428 g/mol. The summed E-state index contributed by atoms with van der Waals surface area (Å²) in [6.45, 7) is 13.5. The minimum atomic E-state index is 0.117. The highest BCUT2D eigenvalue weighted by Crippen LogP contribution is 2.31. The van der Waals surface area contributed by atoms with Crippen LogP contribution in [0.15, 0.2) is 48.5 Å². The molecule has 1 aromatic heterocycles. The van der Waals surface area contributed by atoms with Crippen molar-refractivity contribution in [3.8, 4) is 11.4 Å². The Morgan fingerprint density at radius 3 is 2.16 bits per heavy atom. The summed E-state index contributed by atoms with van der Waals surface area (Å²) >= 11 is 0. The average molecular weight is 429 g/mol. The van der Waals surface area contributed by atoms with Gasteiger partial charge in [-0.3, -0.25) is 4.79 Å². The zero-order valence-electron chi connectivity index (χ0n) is 19.7. The Bertz CT molecular complexity index is 1110. The minimum absolute atomic E-state index is 0.117. The average Bonchev–Trinajstić information content (AvgIpc) is 2.79. The smallest absolute Gasteiger partial charge is 0.254 e. The summed E-state index contributed by atoms with van der Waals surface area (Å²) < 4.78 is 0. The quantitative estimate of drug-likeness (QED) is 0.576. The number of aryl methyl sites for hydroxylation is 3. The molecule has 5 nitrogen and oxygen atoms in total. The first-order valence-electron chi connectivity index (χ1n) is 11.4. The summed E-state index contributed by atoms with van der Waals surface area (Å²) in [4.78, 5) is 27.2. The summed E-state index contributed by atoms with van der Waals surface area (Å²) in [7, 11) is 0. The van der Waals surface area contributed by atoms with Crippen molar-refractivity contribution in [1.82, 2.24) is 14.9 Å². The van der Waals surface area contributed by atoms with Crippen molar-refractivity contribution >= 4 is 11.7 Å². The highest BCUT2D eigenvalue weighted by molar-refractivity contribution is 5.95. The molecule has 0 bridgehead atoms. The molecule has 2 heterocycles. The van der Waals surface area contributed by atoms with Gasteiger partial charge in [0.2, 0.25) is 0 Å². The van der Waals surface area contributed by atoms with Gasteiger partial charge in [0.1, 0.15) is 5.82 Å². The molecule has 4 rings (SSSR count). The first-order chi connectivity index (χ1) is 15.3. The fourth-order valence-electron chi connectivity index (χ4n) is 4.42. The summed E-state index contributed by atoms with van der Waals surface area (Å²) in [5.41, 5.74) is 6.29. The standard InChI is InChI=1S/C27H32N4O/c1-18(2)24-21(5)28-25(22-12-10-19(3)11-13-22)29-26(24)30-14-16-31(17-15-30)27(32)23-9-7-6-8-20(23)4/h6-13,18H,14-17H2,1-5H3. The Morgan fingerprint density at radius 1 is 0.875 bits per heavy atom. The summed E-state index contributed by atoms with van der Waals surface area (Å²) in [6, 6.07) is 16.2. The zero-order chi connectivity index (χ0) is 22.8. The fraction of sp³-hybridized carbons (Fsp3) is 0.370. The molecule has 0 N–H and O–H groups in total. The van der Waals surface area contributed by atoms with Crippen LogP contribution in [0.5, 0.6) is 0 Å². The molecule has 0 saturated carbocycles. The Hall–Kier alpha value is -3.21. The maximum atomic E-state index is 13.0. The molecule has 0 aliphatic carbocycles. The van der Waals surface area contributed by atoms with Gasteiger partial charge in [0.15, 0.2) is 5.82 Å². The largest absolute Gasteiger partial charge is 0.353 e. The van der Waals surface area contributed by atoms with Crippen molar-refractivity contribution in [2.75, 3.05) is 31.1 Å². The van der Waals surface area contributed by atoms with Gasteiger partial charge in [0.05, 0.1) is 0 Å². The van der Waals surface area contributed by atoms with Crippen LogP contribution in [0.25, 0.3) is 11.4 Å². The van der Waals surface area contributed by atoms with Crippen LogP contribution in [0.2, 0.25) is 0 Å². The Labute approximate surface area is 191 Å². The summed E-state index contributed by atoms with van der Waals surface area (Å²) in [6.07, 6.45) is 0. The second kappa shape index (κ2) is 9.11. The third kappa shape index (κ3) is 4.38. The van der Waals surface area contributed by atoms with Gasteiger partial charge >= 0.3 is 0 Å². The third-order valence-electron chi connectivity index (χ3n) is 6.25. The van der Waals surface area contributed by atoms with Gasteiger partial charge in [-0.2, -0.15) is 0 Å². The molecule has 0 spiro atoms. The Balaban J connectivity index is 1.60. The highest BCUT2D eigenvalue weighted by Gasteiger charge is 2.27. The molecule has 0 radical (unpaired) electrons. The van der Waals surface area contributed by atoms with Crippen LogP contribution in [0, 0.1) is 20.8 Å².